The second kappa shape index (κ2) is 7.58. The molecule has 6 heteroatoms. The summed E-state index contributed by atoms with van der Waals surface area (Å²) in [4.78, 5) is 28.2. The van der Waals surface area contributed by atoms with E-state index < -0.39 is 11.8 Å². The molecule has 3 rings (SSSR count). The third kappa shape index (κ3) is 3.70. The molecule has 1 heterocycles. The van der Waals surface area contributed by atoms with Crippen molar-refractivity contribution in [2.75, 3.05) is 31.4 Å². The molecule has 0 fully saturated rings. The van der Waals surface area contributed by atoms with Gasteiger partial charge in [-0.2, -0.15) is 0 Å². The zero-order chi connectivity index (χ0) is 18.7. The van der Waals surface area contributed by atoms with Crippen LogP contribution in [0.15, 0.2) is 53.9 Å². The number of nitrogens with one attached hydrogen (secondary N) is 1. The Kier molecular flexibility index (Phi) is 5.23. The number of amides is 2. The lowest BCUT2D eigenvalue weighted by atomic mass is 10.1. The van der Waals surface area contributed by atoms with Crippen molar-refractivity contribution in [1.29, 1.82) is 0 Å². The minimum absolute atomic E-state index is 0.394. The number of para-hydroxylation sites is 2. The van der Waals surface area contributed by atoms with Crippen LogP contribution in [0.3, 0.4) is 0 Å². The normalized spacial score (nSPS) is 10.6. The van der Waals surface area contributed by atoms with E-state index in [0.29, 0.717) is 12.2 Å². The molecule has 134 valence electrons. The van der Waals surface area contributed by atoms with Gasteiger partial charge in [0, 0.05) is 32.4 Å². The highest BCUT2D eigenvalue weighted by atomic mass is 32.1. The lowest BCUT2D eigenvalue weighted by Gasteiger charge is -2.19. The van der Waals surface area contributed by atoms with E-state index in [4.69, 9.17) is 0 Å². The SMILES string of the molecule is CN(Cc1csc2ccccc12)C(=O)C(=O)Nc1ccccc1N(C)C. The molecule has 2 amide bonds. The van der Waals surface area contributed by atoms with Crippen molar-refractivity contribution in [1.82, 2.24) is 4.90 Å². The van der Waals surface area contributed by atoms with Crippen LogP contribution in [-0.2, 0) is 16.1 Å². The Morgan fingerprint density at radius 3 is 2.46 bits per heavy atom. The molecule has 0 unspecified atom stereocenters. The number of carbonyl (C=O) groups excluding carboxylic acids is 2. The first-order chi connectivity index (χ1) is 12.5. The van der Waals surface area contributed by atoms with Gasteiger partial charge in [0.05, 0.1) is 11.4 Å². The number of carbonyl (C=O) groups is 2. The maximum Gasteiger partial charge on any atom is 0.313 e. The van der Waals surface area contributed by atoms with Crippen molar-refractivity contribution < 1.29 is 9.59 Å². The van der Waals surface area contributed by atoms with Crippen LogP contribution in [0.2, 0.25) is 0 Å². The van der Waals surface area contributed by atoms with E-state index >= 15 is 0 Å². The van der Waals surface area contributed by atoms with E-state index in [9.17, 15) is 9.59 Å². The minimum atomic E-state index is -0.638. The maximum atomic E-state index is 12.5. The Morgan fingerprint density at radius 2 is 1.69 bits per heavy atom. The van der Waals surface area contributed by atoms with Gasteiger partial charge in [-0.15, -0.1) is 11.3 Å². The van der Waals surface area contributed by atoms with Gasteiger partial charge in [-0.25, -0.2) is 0 Å². The van der Waals surface area contributed by atoms with Crippen molar-refractivity contribution in [3.63, 3.8) is 0 Å². The number of nitrogens with zero attached hydrogens (tertiary/aromatic N) is 2. The van der Waals surface area contributed by atoms with Crippen molar-refractivity contribution in [2.24, 2.45) is 0 Å². The highest BCUT2D eigenvalue weighted by Gasteiger charge is 2.21. The molecule has 0 aliphatic rings. The Labute approximate surface area is 156 Å². The minimum Gasteiger partial charge on any atom is -0.376 e. The Morgan fingerprint density at radius 1 is 1.00 bits per heavy atom. The summed E-state index contributed by atoms with van der Waals surface area (Å²) in [6, 6.07) is 15.4. The lowest BCUT2D eigenvalue weighted by molar-refractivity contribution is -0.142. The number of likely N-dealkylation sites (N-methyl/N-ethyl adjacent to an activating group) is 1. The van der Waals surface area contributed by atoms with Gasteiger partial charge >= 0.3 is 11.8 Å². The molecule has 0 bridgehead atoms. The summed E-state index contributed by atoms with van der Waals surface area (Å²) < 4.78 is 1.17. The number of hydrogen-bond donors (Lipinski definition) is 1. The van der Waals surface area contributed by atoms with Crippen molar-refractivity contribution >= 4 is 44.6 Å². The van der Waals surface area contributed by atoms with Gasteiger partial charge in [0.25, 0.3) is 0 Å². The third-order valence-electron chi connectivity index (χ3n) is 4.14. The van der Waals surface area contributed by atoms with E-state index in [0.717, 1.165) is 16.6 Å². The maximum absolute atomic E-state index is 12.5. The highest BCUT2D eigenvalue weighted by Crippen LogP contribution is 2.27. The van der Waals surface area contributed by atoms with Crippen molar-refractivity contribution in [3.05, 3.63) is 59.5 Å². The van der Waals surface area contributed by atoms with Gasteiger partial charge < -0.3 is 15.1 Å². The summed E-state index contributed by atoms with van der Waals surface area (Å²) in [5.41, 5.74) is 2.51. The molecule has 5 nitrogen and oxygen atoms in total. The van der Waals surface area contributed by atoms with Crippen LogP contribution in [0, 0.1) is 0 Å². The first kappa shape index (κ1) is 17.9. The second-order valence-corrected chi connectivity index (χ2v) is 7.20. The summed E-state index contributed by atoms with van der Waals surface area (Å²) in [5, 5.41) is 5.88. The topological polar surface area (TPSA) is 52.7 Å². The monoisotopic (exact) mass is 367 g/mol. The van der Waals surface area contributed by atoms with Crippen molar-refractivity contribution in [3.8, 4) is 0 Å². The van der Waals surface area contributed by atoms with Gasteiger partial charge in [0.15, 0.2) is 0 Å². The average Bonchev–Trinajstić information content (AvgIpc) is 3.04. The molecule has 1 N–H and O–H groups in total. The number of anilines is 2. The van der Waals surface area contributed by atoms with Gasteiger partial charge in [-0.1, -0.05) is 30.3 Å². The smallest absolute Gasteiger partial charge is 0.313 e. The fourth-order valence-electron chi connectivity index (χ4n) is 2.80. The number of fused-ring (bicyclic) bond motifs is 1. The predicted molar refractivity (Wildman–Crippen MR) is 108 cm³/mol. The van der Waals surface area contributed by atoms with Crippen LogP contribution in [-0.4, -0.2) is 37.9 Å². The summed E-state index contributed by atoms with van der Waals surface area (Å²) >= 11 is 1.64. The average molecular weight is 367 g/mol. The number of rotatable bonds is 4. The molecule has 3 aromatic rings. The van der Waals surface area contributed by atoms with E-state index in [-0.39, 0.29) is 0 Å². The van der Waals surface area contributed by atoms with E-state index in [1.807, 2.05) is 60.8 Å². The first-order valence-corrected chi connectivity index (χ1v) is 9.13. The van der Waals surface area contributed by atoms with Crippen LogP contribution in [0.5, 0.6) is 0 Å². The molecule has 0 aliphatic carbocycles. The summed E-state index contributed by atoms with van der Waals surface area (Å²) in [6.45, 7) is 0.394. The fraction of sp³-hybridized carbons (Fsp3) is 0.200. The number of thiophene rings is 1. The molecule has 0 aliphatic heterocycles. The highest BCUT2D eigenvalue weighted by molar-refractivity contribution is 7.17. The predicted octanol–water partition coefficient (Wildman–Crippen LogP) is 3.56. The molecule has 0 spiro atoms. The van der Waals surface area contributed by atoms with E-state index in [2.05, 4.69) is 11.4 Å². The van der Waals surface area contributed by atoms with Crippen LogP contribution in [0.25, 0.3) is 10.1 Å². The molecular formula is C20H21N3O2S. The zero-order valence-electron chi connectivity index (χ0n) is 15.0. The van der Waals surface area contributed by atoms with Crippen molar-refractivity contribution in [2.45, 2.75) is 6.54 Å². The first-order valence-electron chi connectivity index (χ1n) is 8.25. The van der Waals surface area contributed by atoms with Crippen LogP contribution in [0.1, 0.15) is 5.56 Å². The molecule has 0 atom stereocenters. The zero-order valence-corrected chi connectivity index (χ0v) is 15.8. The summed E-state index contributed by atoms with van der Waals surface area (Å²) in [5.74, 6) is -1.20. The number of benzene rings is 2. The van der Waals surface area contributed by atoms with Gasteiger partial charge in [-0.05, 0) is 34.5 Å². The quantitative estimate of drug-likeness (QED) is 0.718. The molecule has 2 aromatic carbocycles. The van der Waals surface area contributed by atoms with Crippen LogP contribution < -0.4 is 10.2 Å². The molecule has 0 radical (unpaired) electrons. The summed E-state index contributed by atoms with van der Waals surface area (Å²) in [6.07, 6.45) is 0. The molecule has 26 heavy (non-hydrogen) atoms. The summed E-state index contributed by atoms with van der Waals surface area (Å²) in [7, 11) is 5.42. The number of hydrogen-bond acceptors (Lipinski definition) is 4. The molecule has 0 saturated heterocycles. The Hall–Kier alpha value is -2.86. The van der Waals surface area contributed by atoms with Gasteiger partial charge in [0.2, 0.25) is 0 Å². The van der Waals surface area contributed by atoms with Crippen LogP contribution in [0.4, 0.5) is 11.4 Å². The molecule has 0 saturated carbocycles. The molecule has 1 aromatic heterocycles. The largest absolute Gasteiger partial charge is 0.376 e. The van der Waals surface area contributed by atoms with E-state index in [1.54, 1.807) is 24.5 Å². The van der Waals surface area contributed by atoms with Crippen LogP contribution >= 0.6 is 11.3 Å². The fourth-order valence-corrected chi connectivity index (χ4v) is 3.75. The standard InChI is InChI=1S/C20H21N3O2S/c1-22(2)17-10-6-5-9-16(17)21-19(24)20(25)23(3)12-14-13-26-18-11-7-4-8-15(14)18/h4-11,13H,12H2,1-3H3,(H,21,24). The van der Waals surface area contributed by atoms with Gasteiger partial charge in [-0.3, -0.25) is 9.59 Å². The molecular weight excluding hydrogens is 346 g/mol. The van der Waals surface area contributed by atoms with E-state index in [1.165, 1.54) is 9.60 Å². The lowest BCUT2D eigenvalue weighted by Crippen LogP contribution is -2.36. The Balaban J connectivity index is 1.71. The third-order valence-corrected chi connectivity index (χ3v) is 5.16. The van der Waals surface area contributed by atoms with Gasteiger partial charge in [0.1, 0.15) is 0 Å². The Bertz CT molecular complexity index is 949. The second-order valence-electron chi connectivity index (χ2n) is 6.28.